The number of unbranched alkanes of at least 4 members (excludes halogenated alkanes) is 17. The van der Waals surface area contributed by atoms with E-state index in [1.54, 1.807) is 0 Å². The molecule has 0 heterocycles. The number of aliphatic hydroxyl groups excluding tert-OH is 4. The molecule has 8 nitrogen and oxygen atoms in total. The Hall–Kier alpha value is -1.22. The number of amides is 2. The summed E-state index contributed by atoms with van der Waals surface area (Å²) in [6.45, 7) is 3.15. The zero-order valence-corrected chi connectivity index (χ0v) is 24.3. The molecule has 0 aromatic rings. The van der Waals surface area contributed by atoms with Crippen molar-refractivity contribution in [2.75, 3.05) is 19.7 Å². The molecule has 0 aliphatic rings. The fraction of sp³-hybridized carbons (Fsp3) is 0.933. The van der Waals surface area contributed by atoms with Gasteiger partial charge in [0.1, 0.15) is 6.10 Å². The minimum Gasteiger partial charge on any atom is -0.396 e. The molecule has 2 amide bonds. The molecule has 3 atom stereocenters. The first-order valence-corrected chi connectivity index (χ1v) is 15.6. The summed E-state index contributed by atoms with van der Waals surface area (Å²) in [6, 6.07) is 0. The molecule has 0 spiro atoms. The number of carbonyl (C=O) groups is 2. The highest BCUT2D eigenvalue weighted by Crippen LogP contribution is 2.12. The Morgan fingerprint density at radius 1 is 0.605 bits per heavy atom. The second-order valence-corrected chi connectivity index (χ2v) is 10.8. The lowest BCUT2D eigenvalue weighted by Crippen LogP contribution is -2.47. The molecule has 0 aliphatic heterocycles. The van der Waals surface area contributed by atoms with E-state index < -0.39 is 24.2 Å². The molecule has 6 N–H and O–H groups in total. The number of hydrogen-bond donors (Lipinski definition) is 6. The molecule has 0 saturated carbocycles. The smallest absolute Gasteiger partial charge is 0.251 e. The fourth-order valence-corrected chi connectivity index (χ4v) is 4.56. The Morgan fingerprint density at radius 2 is 1.03 bits per heavy atom. The van der Waals surface area contributed by atoms with Gasteiger partial charge in [0.2, 0.25) is 5.91 Å². The summed E-state index contributed by atoms with van der Waals surface area (Å²) < 4.78 is 0. The van der Waals surface area contributed by atoms with Crippen LogP contribution >= 0.6 is 0 Å². The first-order valence-electron chi connectivity index (χ1n) is 15.6. The van der Waals surface area contributed by atoms with Crippen molar-refractivity contribution >= 4 is 11.8 Å². The number of carbonyl (C=O) groups excluding carboxylic acids is 2. The highest BCUT2D eigenvalue weighted by atomic mass is 16.4. The maximum absolute atomic E-state index is 11.9. The first kappa shape index (κ1) is 36.8. The van der Waals surface area contributed by atoms with Crippen molar-refractivity contribution in [2.24, 2.45) is 0 Å². The second-order valence-electron chi connectivity index (χ2n) is 10.8. The van der Waals surface area contributed by atoms with Gasteiger partial charge in [-0.25, -0.2) is 0 Å². The Kier molecular flexibility index (Phi) is 26.5. The first-order chi connectivity index (χ1) is 18.4. The highest BCUT2D eigenvalue weighted by Gasteiger charge is 2.29. The number of aliphatic hydroxyl groups is 4. The number of hydrogen-bond acceptors (Lipinski definition) is 6. The monoisotopic (exact) mass is 544 g/mol. The van der Waals surface area contributed by atoms with E-state index >= 15 is 0 Å². The molecule has 226 valence electrons. The molecule has 0 saturated heterocycles. The number of rotatable bonds is 28. The summed E-state index contributed by atoms with van der Waals surface area (Å²) in [4.78, 5) is 23.8. The predicted octanol–water partition coefficient (Wildman–Crippen LogP) is 4.51. The standard InChI is InChI=1S/C30H60N2O6/c1-2-3-4-5-6-7-10-13-16-19-23-31-27(35)21-18-15-12-9-8-11-14-17-20-24-32-30(38)29(37)28(36)26(34)22-25-33/h26,28-29,33-34,36-37H,2-25H2,1H3,(H,31,35)(H,32,38)/t26-,28+,29-/m1/s1. The van der Waals surface area contributed by atoms with Crippen molar-refractivity contribution in [2.45, 2.75) is 160 Å². The average Bonchev–Trinajstić information content (AvgIpc) is 2.91. The average molecular weight is 545 g/mol. The van der Waals surface area contributed by atoms with Gasteiger partial charge >= 0.3 is 0 Å². The predicted molar refractivity (Wildman–Crippen MR) is 154 cm³/mol. The Bertz CT molecular complexity index is 549. The van der Waals surface area contributed by atoms with Crippen molar-refractivity contribution in [3.63, 3.8) is 0 Å². The lowest BCUT2D eigenvalue weighted by molar-refractivity contribution is -0.141. The maximum atomic E-state index is 11.9. The zero-order valence-electron chi connectivity index (χ0n) is 24.3. The van der Waals surface area contributed by atoms with E-state index in [2.05, 4.69) is 17.6 Å². The van der Waals surface area contributed by atoms with Crippen molar-refractivity contribution in [3.8, 4) is 0 Å². The molecule has 8 heteroatoms. The fourth-order valence-electron chi connectivity index (χ4n) is 4.56. The van der Waals surface area contributed by atoms with Crippen LogP contribution in [-0.2, 0) is 9.59 Å². The van der Waals surface area contributed by atoms with Crippen molar-refractivity contribution in [1.82, 2.24) is 10.6 Å². The summed E-state index contributed by atoms with van der Waals surface area (Å²) >= 11 is 0. The van der Waals surface area contributed by atoms with E-state index in [1.165, 1.54) is 70.6 Å². The Balaban J connectivity index is 3.39. The minimum atomic E-state index is -1.70. The van der Waals surface area contributed by atoms with Crippen LogP contribution in [-0.4, -0.2) is 70.2 Å². The SMILES string of the molecule is CCCCCCCCCCCCNC(=O)CCCCCCCCCCCNC(=O)[C@H](O)[C@@H](O)[C@H](O)CCO. The maximum Gasteiger partial charge on any atom is 0.251 e. The molecule has 0 aromatic heterocycles. The third-order valence-corrected chi connectivity index (χ3v) is 7.14. The molecule has 38 heavy (non-hydrogen) atoms. The third-order valence-electron chi connectivity index (χ3n) is 7.14. The van der Waals surface area contributed by atoms with Gasteiger partial charge in [-0.3, -0.25) is 9.59 Å². The van der Waals surface area contributed by atoms with Crippen molar-refractivity contribution in [1.29, 1.82) is 0 Å². The number of nitrogens with one attached hydrogen (secondary N) is 2. The largest absolute Gasteiger partial charge is 0.396 e. The summed E-state index contributed by atoms with van der Waals surface area (Å²) in [5, 5.41) is 43.4. The summed E-state index contributed by atoms with van der Waals surface area (Å²) in [5.74, 6) is -0.515. The van der Waals surface area contributed by atoms with E-state index in [0.29, 0.717) is 13.0 Å². The third kappa shape index (κ3) is 22.7. The van der Waals surface area contributed by atoms with Crippen LogP contribution < -0.4 is 10.6 Å². The molecule has 0 radical (unpaired) electrons. The van der Waals surface area contributed by atoms with Crippen LogP contribution in [0.3, 0.4) is 0 Å². The lowest BCUT2D eigenvalue weighted by Gasteiger charge is -2.21. The van der Waals surface area contributed by atoms with E-state index in [0.717, 1.165) is 57.9 Å². The Morgan fingerprint density at radius 3 is 1.50 bits per heavy atom. The molecule has 0 unspecified atom stereocenters. The Labute approximate surface area is 232 Å². The van der Waals surface area contributed by atoms with Gasteiger partial charge in [0.05, 0.1) is 6.10 Å². The molecule has 0 aromatic carbocycles. The lowest BCUT2D eigenvalue weighted by atomic mass is 10.0. The van der Waals surface area contributed by atoms with Gasteiger partial charge in [0.25, 0.3) is 5.91 Å². The van der Waals surface area contributed by atoms with Crippen LogP contribution in [0.1, 0.15) is 142 Å². The van der Waals surface area contributed by atoms with Crippen LogP contribution in [0.2, 0.25) is 0 Å². The van der Waals surface area contributed by atoms with Crippen LogP contribution in [0.5, 0.6) is 0 Å². The molecule has 0 aliphatic carbocycles. The molecular weight excluding hydrogens is 484 g/mol. The van der Waals surface area contributed by atoms with Crippen LogP contribution in [0.15, 0.2) is 0 Å². The van der Waals surface area contributed by atoms with Crippen LogP contribution in [0.25, 0.3) is 0 Å². The van der Waals surface area contributed by atoms with Crippen LogP contribution in [0, 0.1) is 0 Å². The van der Waals surface area contributed by atoms with Gasteiger partial charge in [-0.15, -0.1) is 0 Å². The van der Waals surface area contributed by atoms with Gasteiger partial charge in [0, 0.05) is 26.1 Å². The summed E-state index contributed by atoms with van der Waals surface area (Å²) in [5.41, 5.74) is 0. The molecule has 0 rings (SSSR count). The normalized spacial score (nSPS) is 13.7. The zero-order chi connectivity index (χ0) is 28.3. The highest BCUT2D eigenvalue weighted by molar-refractivity contribution is 5.81. The summed E-state index contributed by atoms with van der Waals surface area (Å²) in [6.07, 6.45) is 18.6. The van der Waals surface area contributed by atoms with Gasteiger partial charge in [-0.05, 0) is 25.7 Å². The quantitative estimate of drug-likeness (QED) is 0.0802. The summed E-state index contributed by atoms with van der Waals surface area (Å²) in [7, 11) is 0. The van der Waals surface area contributed by atoms with E-state index in [1.807, 2.05) is 0 Å². The minimum absolute atomic E-state index is 0.0969. The second kappa shape index (κ2) is 27.4. The van der Waals surface area contributed by atoms with Crippen molar-refractivity contribution in [3.05, 3.63) is 0 Å². The van der Waals surface area contributed by atoms with E-state index in [4.69, 9.17) is 5.11 Å². The van der Waals surface area contributed by atoms with Crippen LogP contribution in [0.4, 0.5) is 0 Å². The van der Waals surface area contributed by atoms with Gasteiger partial charge < -0.3 is 31.1 Å². The van der Waals surface area contributed by atoms with E-state index in [9.17, 15) is 24.9 Å². The topological polar surface area (TPSA) is 139 Å². The van der Waals surface area contributed by atoms with E-state index in [-0.39, 0.29) is 18.9 Å². The molecular formula is C30H60N2O6. The van der Waals surface area contributed by atoms with Crippen molar-refractivity contribution < 1.29 is 30.0 Å². The van der Waals surface area contributed by atoms with Gasteiger partial charge in [-0.1, -0.05) is 110 Å². The van der Waals surface area contributed by atoms with Gasteiger partial charge in [0.15, 0.2) is 6.10 Å². The molecule has 0 fully saturated rings. The molecule has 0 bridgehead atoms. The van der Waals surface area contributed by atoms with Gasteiger partial charge in [-0.2, -0.15) is 0 Å².